The molecule has 118 valence electrons. The Labute approximate surface area is 137 Å². The normalized spacial score (nSPS) is 17.7. The van der Waals surface area contributed by atoms with Crippen LogP contribution in [0, 0.1) is 5.41 Å². The van der Waals surface area contributed by atoms with E-state index in [1.165, 1.54) is 55.0 Å². The highest BCUT2D eigenvalue weighted by molar-refractivity contribution is 9.10. The Kier molecular flexibility index (Phi) is 6.56. The first-order valence-corrected chi connectivity index (χ1v) is 8.95. The Morgan fingerprint density at radius 1 is 1.19 bits per heavy atom. The van der Waals surface area contributed by atoms with Gasteiger partial charge in [0.2, 0.25) is 0 Å². The molecular weight excluding hydrogens is 326 g/mol. The van der Waals surface area contributed by atoms with Gasteiger partial charge < -0.3 is 10.1 Å². The monoisotopic (exact) mass is 353 g/mol. The summed E-state index contributed by atoms with van der Waals surface area (Å²) in [6.45, 7) is 1.14. The fourth-order valence-electron chi connectivity index (χ4n) is 3.57. The van der Waals surface area contributed by atoms with E-state index in [1.54, 1.807) is 7.11 Å². The molecule has 1 aliphatic rings. The van der Waals surface area contributed by atoms with Crippen molar-refractivity contribution in [3.8, 4) is 5.75 Å². The number of rotatable bonds is 7. The molecule has 1 aliphatic carbocycles. The maximum Gasteiger partial charge on any atom is 0.120 e. The lowest BCUT2D eigenvalue weighted by atomic mass is 9.68. The standard InChI is InChI=1S/C18H28BrNO/c1-20-13-12-18(9-4-3-5-10-18)11-8-15-6-7-16(21-2)14-17(15)19/h6-7,14,20H,3-5,8-13H2,1-2H3. The zero-order valence-electron chi connectivity index (χ0n) is 13.4. The van der Waals surface area contributed by atoms with Gasteiger partial charge >= 0.3 is 0 Å². The third kappa shape index (κ3) is 4.72. The van der Waals surface area contributed by atoms with Crippen LogP contribution in [0.15, 0.2) is 22.7 Å². The van der Waals surface area contributed by atoms with Gasteiger partial charge in [0.25, 0.3) is 0 Å². The Bertz CT molecular complexity index is 441. The average molecular weight is 354 g/mol. The molecule has 0 bridgehead atoms. The quantitative estimate of drug-likeness (QED) is 0.748. The second kappa shape index (κ2) is 8.19. The predicted molar refractivity (Wildman–Crippen MR) is 93.1 cm³/mol. The van der Waals surface area contributed by atoms with Gasteiger partial charge in [0, 0.05) is 4.47 Å². The number of hydrogen-bond acceptors (Lipinski definition) is 2. The van der Waals surface area contributed by atoms with Crippen LogP contribution in [0.4, 0.5) is 0 Å². The van der Waals surface area contributed by atoms with Crippen molar-refractivity contribution in [2.45, 2.75) is 51.4 Å². The molecule has 0 radical (unpaired) electrons. The van der Waals surface area contributed by atoms with E-state index >= 15 is 0 Å². The van der Waals surface area contributed by atoms with Crippen molar-refractivity contribution >= 4 is 15.9 Å². The van der Waals surface area contributed by atoms with Gasteiger partial charge in [-0.25, -0.2) is 0 Å². The third-order valence-electron chi connectivity index (χ3n) is 5.00. The van der Waals surface area contributed by atoms with Crippen LogP contribution in [-0.2, 0) is 6.42 Å². The molecule has 0 spiro atoms. The molecule has 1 fully saturated rings. The van der Waals surface area contributed by atoms with Crippen molar-refractivity contribution in [2.24, 2.45) is 5.41 Å². The number of benzene rings is 1. The molecule has 2 nitrogen and oxygen atoms in total. The van der Waals surface area contributed by atoms with Crippen LogP contribution < -0.4 is 10.1 Å². The summed E-state index contributed by atoms with van der Waals surface area (Å²) >= 11 is 3.69. The third-order valence-corrected chi connectivity index (χ3v) is 5.74. The minimum atomic E-state index is 0.556. The van der Waals surface area contributed by atoms with Gasteiger partial charge in [0.15, 0.2) is 0 Å². The van der Waals surface area contributed by atoms with Gasteiger partial charge in [-0.15, -0.1) is 0 Å². The molecule has 0 unspecified atom stereocenters. The molecule has 0 aliphatic heterocycles. The number of halogens is 1. The summed E-state index contributed by atoms with van der Waals surface area (Å²) in [6, 6.07) is 6.36. The minimum Gasteiger partial charge on any atom is -0.497 e. The van der Waals surface area contributed by atoms with Crippen LogP contribution in [0.2, 0.25) is 0 Å². The Morgan fingerprint density at radius 2 is 1.95 bits per heavy atom. The molecule has 1 saturated carbocycles. The molecule has 3 heteroatoms. The van der Waals surface area contributed by atoms with Crippen molar-refractivity contribution in [3.05, 3.63) is 28.2 Å². The minimum absolute atomic E-state index is 0.556. The second-order valence-electron chi connectivity index (χ2n) is 6.37. The number of ether oxygens (including phenoxy) is 1. The Balaban J connectivity index is 2.00. The number of hydrogen-bond donors (Lipinski definition) is 1. The van der Waals surface area contributed by atoms with Crippen molar-refractivity contribution < 1.29 is 4.74 Å². The van der Waals surface area contributed by atoms with Crippen LogP contribution in [0.25, 0.3) is 0 Å². The van der Waals surface area contributed by atoms with E-state index in [9.17, 15) is 0 Å². The first-order chi connectivity index (χ1) is 10.2. The molecule has 0 saturated heterocycles. The molecular formula is C18H28BrNO. The summed E-state index contributed by atoms with van der Waals surface area (Å²) in [7, 11) is 3.78. The molecule has 1 aromatic rings. The molecule has 0 atom stereocenters. The van der Waals surface area contributed by atoms with Gasteiger partial charge in [-0.2, -0.15) is 0 Å². The van der Waals surface area contributed by atoms with Crippen molar-refractivity contribution in [1.82, 2.24) is 5.32 Å². The maximum absolute atomic E-state index is 5.28. The largest absolute Gasteiger partial charge is 0.497 e. The predicted octanol–water partition coefficient (Wildman–Crippen LogP) is 4.95. The first-order valence-electron chi connectivity index (χ1n) is 8.16. The number of nitrogens with one attached hydrogen (secondary N) is 1. The van der Waals surface area contributed by atoms with Crippen LogP contribution in [-0.4, -0.2) is 20.7 Å². The summed E-state index contributed by atoms with van der Waals surface area (Å²) in [4.78, 5) is 0. The molecule has 1 aromatic carbocycles. The Morgan fingerprint density at radius 3 is 2.57 bits per heavy atom. The highest BCUT2D eigenvalue weighted by Gasteiger charge is 2.31. The van der Waals surface area contributed by atoms with E-state index < -0.39 is 0 Å². The Hall–Kier alpha value is -0.540. The molecule has 1 N–H and O–H groups in total. The smallest absolute Gasteiger partial charge is 0.120 e. The average Bonchev–Trinajstić information content (AvgIpc) is 2.53. The van der Waals surface area contributed by atoms with Crippen LogP contribution >= 0.6 is 15.9 Å². The zero-order chi connectivity index (χ0) is 15.1. The van der Waals surface area contributed by atoms with E-state index in [4.69, 9.17) is 4.74 Å². The lowest BCUT2D eigenvalue weighted by Crippen LogP contribution is -2.29. The van der Waals surface area contributed by atoms with Gasteiger partial charge in [-0.1, -0.05) is 41.3 Å². The summed E-state index contributed by atoms with van der Waals surface area (Å²) < 4.78 is 6.46. The molecule has 21 heavy (non-hydrogen) atoms. The van der Waals surface area contributed by atoms with Crippen LogP contribution in [0.3, 0.4) is 0 Å². The lowest BCUT2D eigenvalue weighted by Gasteiger charge is -2.38. The van der Waals surface area contributed by atoms with E-state index in [0.717, 1.165) is 18.7 Å². The van der Waals surface area contributed by atoms with Crippen molar-refractivity contribution in [3.63, 3.8) is 0 Å². The summed E-state index contributed by atoms with van der Waals surface area (Å²) in [6.07, 6.45) is 10.8. The van der Waals surface area contributed by atoms with Crippen molar-refractivity contribution in [1.29, 1.82) is 0 Å². The van der Waals surface area contributed by atoms with Gasteiger partial charge in [-0.3, -0.25) is 0 Å². The molecule has 2 rings (SSSR count). The van der Waals surface area contributed by atoms with Crippen molar-refractivity contribution in [2.75, 3.05) is 20.7 Å². The fourth-order valence-corrected chi connectivity index (χ4v) is 4.13. The summed E-state index contributed by atoms with van der Waals surface area (Å²) in [5, 5.41) is 3.34. The molecule has 0 aromatic heterocycles. The lowest BCUT2D eigenvalue weighted by molar-refractivity contribution is 0.157. The highest BCUT2D eigenvalue weighted by Crippen LogP contribution is 2.43. The fraction of sp³-hybridized carbons (Fsp3) is 0.667. The highest BCUT2D eigenvalue weighted by atomic mass is 79.9. The van der Waals surface area contributed by atoms with E-state index in [1.807, 2.05) is 0 Å². The SMILES string of the molecule is CNCCC1(CCc2ccc(OC)cc2Br)CCCCC1. The zero-order valence-corrected chi connectivity index (χ0v) is 15.0. The van der Waals surface area contributed by atoms with E-state index in [-0.39, 0.29) is 0 Å². The van der Waals surface area contributed by atoms with Gasteiger partial charge in [0.05, 0.1) is 7.11 Å². The number of aryl methyl sites for hydroxylation is 1. The summed E-state index contributed by atoms with van der Waals surface area (Å²) in [5.41, 5.74) is 1.96. The van der Waals surface area contributed by atoms with Gasteiger partial charge in [-0.05, 0) is 68.8 Å². The van der Waals surface area contributed by atoms with E-state index in [2.05, 4.69) is 46.5 Å². The topological polar surface area (TPSA) is 21.3 Å². The first kappa shape index (κ1) is 16.8. The number of methoxy groups -OCH3 is 1. The maximum atomic E-state index is 5.28. The molecule has 0 heterocycles. The summed E-state index contributed by atoms with van der Waals surface area (Å²) in [5.74, 6) is 0.924. The second-order valence-corrected chi connectivity index (χ2v) is 7.23. The van der Waals surface area contributed by atoms with Crippen LogP contribution in [0.5, 0.6) is 5.75 Å². The van der Waals surface area contributed by atoms with Crippen LogP contribution in [0.1, 0.15) is 50.5 Å². The van der Waals surface area contributed by atoms with E-state index in [0.29, 0.717) is 5.41 Å². The molecule has 0 amide bonds. The van der Waals surface area contributed by atoms with Gasteiger partial charge in [0.1, 0.15) is 5.75 Å².